The molecule has 0 aliphatic carbocycles. The number of aromatic nitrogens is 1. The van der Waals surface area contributed by atoms with Crippen LogP contribution in [0.3, 0.4) is 0 Å². The lowest BCUT2D eigenvalue weighted by Crippen LogP contribution is -2.29. The van der Waals surface area contributed by atoms with Crippen LogP contribution in [0.4, 0.5) is 5.82 Å². The van der Waals surface area contributed by atoms with Crippen molar-refractivity contribution in [3.8, 4) is 11.5 Å². The number of anilines is 1. The van der Waals surface area contributed by atoms with Crippen LogP contribution in [0.1, 0.15) is 16.8 Å². The third kappa shape index (κ3) is 6.88. The summed E-state index contributed by atoms with van der Waals surface area (Å²) >= 11 is 8.01. The molecule has 2 rings (SSSR count). The molecule has 0 saturated carbocycles. The first kappa shape index (κ1) is 21.8. The van der Waals surface area contributed by atoms with Gasteiger partial charge in [-0.15, -0.1) is 0 Å². The highest BCUT2D eigenvalue weighted by Crippen LogP contribution is 2.26. The van der Waals surface area contributed by atoms with Crippen molar-refractivity contribution in [1.82, 2.24) is 9.88 Å². The number of rotatable bonds is 10. The molecule has 0 aliphatic heterocycles. The quantitative estimate of drug-likeness (QED) is 0.215. The molecular formula is C17H18ClIN3O4P. The molecule has 1 N–H and O–H groups in total. The van der Waals surface area contributed by atoms with E-state index in [-0.39, 0.29) is 17.3 Å². The summed E-state index contributed by atoms with van der Waals surface area (Å²) in [6.45, 7) is 1.49. The van der Waals surface area contributed by atoms with Crippen LogP contribution in [0.2, 0.25) is 5.02 Å². The highest BCUT2D eigenvalue weighted by molar-refractivity contribution is 14.2. The first-order valence-corrected chi connectivity index (χ1v) is 12.3. The fraction of sp³-hybridized carbons (Fsp3) is 0.235. The van der Waals surface area contributed by atoms with Crippen LogP contribution in [-0.4, -0.2) is 42.4 Å². The van der Waals surface area contributed by atoms with Gasteiger partial charge in [0.15, 0.2) is 0 Å². The van der Waals surface area contributed by atoms with Crippen molar-refractivity contribution in [2.24, 2.45) is 0 Å². The minimum Gasteiger partial charge on any atom is -0.456 e. The highest BCUT2D eigenvalue weighted by Gasteiger charge is 2.18. The predicted octanol–water partition coefficient (Wildman–Crippen LogP) is 4.52. The Morgan fingerprint density at radius 2 is 2.11 bits per heavy atom. The van der Waals surface area contributed by atoms with Crippen molar-refractivity contribution in [2.75, 3.05) is 25.5 Å². The van der Waals surface area contributed by atoms with Gasteiger partial charge in [-0.3, -0.25) is 9.59 Å². The van der Waals surface area contributed by atoms with Gasteiger partial charge < -0.3 is 19.5 Å². The zero-order valence-electron chi connectivity index (χ0n) is 14.4. The summed E-state index contributed by atoms with van der Waals surface area (Å²) in [6, 6.07) is 8.37. The number of hydrogen-bond donors (Lipinski definition) is 1. The van der Waals surface area contributed by atoms with E-state index in [2.05, 4.69) is 32.3 Å². The second-order valence-electron chi connectivity index (χ2n) is 5.39. The average molecular weight is 522 g/mol. The molecule has 7 nitrogen and oxygen atoms in total. The van der Waals surface area contributed by atoms with Gasteiger partial charge in [0.1, 0.15) is 17.3 Å². The Balaban J connectivity index is 2.17. The standard InChI is InChI=1S/C17H18ClIN3O4P/c1-22(7-2-8-25-27-19)17(24)15-9-14(10-20-16(15)21-11-23)26-13-5-3-12(18)4-6-13/h3-6,9-11,27H,2,7-8H2,1H3,(H,20,21,23). The zero-order valence-corrected chi connectivity index (χ0v) is 18.4. The molecule has 10 heteroatoms. The first-order chi connectivity index (χ1) is 13.0. The number of carbonyl (C=O) groups excluding carboxylic acids is 2. The fourth-order valence-corrected chi connectivity index (χ4v) is 3.20. The number of nitrogens with zero attached hydrogens (tertiary/aromatic N) is 2. The second-order valence-corrected chi connectivity index (χ2v) is 7.59. The number of pyridine rings is 1. The molecule has 0 radical (unpaired) electrons. The van der Waals surface area contributed by atoms with E-state index in [1.807, 2.05) is 0 Å². The van der Waals surface area contributed by atoms with Gasteiger partial charge in [-0.1, -0.05) is 11.6 Å². The Morgan fingerprint density at radius 3 is 2.78 bits per heavy atom. The van der Waals surface area contributed by atoms with Crippen LogP contribution in [0.25, 0.3) is 0 Å². The van der Waals surface area contributed by atoms with Crippen LogP contribution in [0, 0.1) is 0 Å². The smallest absolute Gasteiger partial charge is 0.257 e. The lowest BCUT2D eigenvalue weighted by atomic mass is 10.2. The molecule has 2 amide bonds. The maximum Gasteiger partial charge on any atom is 0.257 e. The van der Waals surface area contributed by atoms with Crippen LogP contribution in [0.5, 0.6) is 11.5 Å². The van der Waals surface area contributed by atoms with Crippen molar-refractivity contribution in [3.05, 3.63) is 47.1 Å². The van der Waals surface area contributed by atoms with Crippen molar-refractivity contribution < 1.29 is 18.8 Å². The minimum atomic E-state index is -0.273. The van der Waals surface area contributed by atoms with Gasteiger partial charge in [0.2, 0.25) is 6.41 Å². The zero-order chi connectivity index (χ0) is 19.6. The molecule has 144 valence electrons. The SMILES string of the molecule is CN(CCCOPI)C(=O)c1cc(Oc2ccc(Cl)cc2)cnc1NC=O. The Hall–Kier alpha value is -1.48. The molecular weight excluding hydrogens is 504 g/mol. The number of halogens is 2. The van der Waals surface area contributed by atoms with Crippen LogP contribution in [-0.2, 0) is 9.32 Å². The Bertz CT molecular complexity index is 779. The molecule has 0 bridgehead atoms. The molecule has 0 spiro atoms. The maximum atomic E-state index is 12.8. The summed E-state index contributed by atoms with van der Waals surface area (Å²) in [5.41, 5.74) is 0.243. The summed E-state index contributed by atoms with van der Waals surface area (Å²) in [5, 5.41) is 3.04. The monoisotopic (exact) mass is 521 g/mol. The fourth-order valence-electron chi connectivity index (χ4n) is 2.19. The normalized spacial score (nSPS) is 10.8. The minimum absolute atomic E-state index is 0.176. The Kier molecular flexibility index (Phi) is 9.20. The van der Waals surface area contributed by atoms with Crippen molar-refractivity contribution >= 4 is 58.2 Å². The molecule has 1 unspecified atom stereocenters. The van der Waals surface area contributed by atoms with E-state index in [1.165, 1.54) is 6.20 Å². The van der Waals surface area contributed by atoms with Crippen molar-refractivity contribution in [2.45, 2.75) is 6.42 Å². The van der Waals surface area contributed by atoms with Crippen LogP contribution < -0.4 is 10.1 Å². The molecule has 0 saturated heterocycles. The number of nitrogens with one attached hydrogen (secondary N) is 1. The maximum absolute atomic E-state index is 12.8. The molecule has 1 heterocycles. The molecule has 0 fully saturated rings. The topological polar surface area (TPSA) is 80.8 Å². The lowest BCUT2D eigenvalue weighted by Gasteiger charge is -2.19. The molecule has 2 aromatic rings. The molecule has 1 atom stereocenters. The number of ether oxygens (including phenoxy) is 1. The highest BCUT2D eigenvalue weighted by atomic mass is 127. The van der Waals surface area contributed by atoms with E-state index in [9.17, 15) is 9.59 Å². The molecule has 1 aromatic carbocycles. The van der Waals surface area contributed by atoms with E-state index in [0.717, 1.165) is 0 Å². The van der Waals surface area contributed by atoms with Gasteiger partial charge in [0, 0.05) is 18.6 Å². The van der Waals surface area contributed by atoms with Gasteiger partial charge in [0.25, 0.3) is 5.91 Å². The summed E-state index contributed by atoms with van der Waals surface area (Å²) in [6.07, 6.45) is 2.63. The van der Waals surface area contributed by atoms with Gasteiger partial charge in [-0.2, -0.15) is 0 Å². The van der Waals surface area contributed by atoms with E-state index in [1.54, 1.807) is 42.3 Å². The number of benzene rings is 1. The van der Waals surface area contributed by atoms with Crippen LogP contribution in [0.15, 0.2) is 36.5 Å². The van der Waals surface area contributed by atoms with E-state index < -0.39 is 0 Å². The van der Waals surface area contributed by atoms with Gasteiger partial charge in [0.05, 0.1) is 24.8 Å². The molecule has 0 aliphatic rings. The summed E-state index contributed by atoms with van der Waals surface area (Å²) in [4.78, 5) is 29.3. The lowest BCUT2D eigenvalue weighted by molar-refractivity contribution is -0.105. The van der Waals surface area contributed by atoms with E-state index in [0.29, 0.717) is 49.0 Å². The second kappa shape index (κ2) is 11.4. The first-order valence-electron chi connectivity index (χ1n) is 7.91. The summed E-state index contributed by atoms with van der Waals surface area (Å²) in [5.74, 6) is 0.835. The number of hydrogen-bond acceptors (Lipinski definition) is 5. The largest absolute Gasteiger partial charge is 0.456 e. The predicted molar refractivity (Wildman–Crippen MR) is 115 cm³/mol. The van der Waals surface area contributed by atoms with Gasteiger partial charge >= 0.3 is 0 Å². The van der Waals surface area contributed by atoms with E-state index >= 15 is 0 Å². The van der Waals surface area contributed by atoms with Gasteiger partial charge in [-0.05, 0) is 58.8 Å². The molecule has 27 heavy (non-hydrogen) atoms. The van der Waals surface area contributed by atoms with Crippen molar-refractivity contribution in [1.29, 1.82) is 0 Å². The molecule has 1 aromatic heterocycles. The third-order valence-corrected chi connectivity index (χ3v) is 4.98. The number of amides is 2. The average Bonchev–Trinajstić information content (AvgIpc) is 2.67. The third-order valence-electron chi connectivity index (χ3n) is 3.48. The number of carbonyl (C=O) groups is 2. The van der Waals surface area contributed by atoms with Crippen LogP contribution >= 0.6 is 40.1 Å². The Labute approximate surface area is 177 Å². The Morgan fingerprint density at radius 1 is 1.37 bits per heavy atom. The summed E-state index contributed by atoms with van der Waals surface area (Å²) in [7, 11) is 1.69. The van der Waals surface area contributed by atoms with E-state index in [4.69, 9.17) is 20.9 Å². The van der Waals surface area contributed by atoms with Gasteiger partial charge in [-0.25, -0.2) is 4.98 Å². The van der Waals surface area contributed by atoms with Crippen molar-refractivity contribution in [3.63, 3.8) is 0 Å². The summed E-state index contributed by atoms with van der Waals surface area (Å²) < 4.78 is 11.0.